The summed E-state index contributed by atoms with van der Waals surface area (Å²) in [5.74, 6) is 0. The molecule has 7 nitrogen and oxygen atoms in total. The molecule has 17 heavy (non-hydrogen) atoms. The minimum absolute atomic E-state index is 0.00374. The van der Waals surface area contributed by atoms with Crippen LogP contribution in [0.1, 0.15) is 24.2 Å². The lowest BCUT2D eigenvalue weighted by atomic mass is 10.0. The number of ether oxygens (including phenoxy) is 1. The van der Waals surface area contributed by atoms with Gasteiger partial charge in [0.25, 0.3) is 5.69 Å². The van der Waals surface area contributed by atoms with Crippen LogP contribution in [0.2, 0.25) is 0 Å². The van der Waals surface area contributed by atoms with E-state index in [1.165, 1.54) is 13.2 Å². The molecule has 0 aromatic heterocycles. The Labute approximate surface area is 97.8 Å². The largest absolute Gasteiger partial charge is 0.377 e. The molecule has 0 radical (unpaired) electrons. The van der Waals surface area contributed by atoms with Crippen molar-refractivity contribution in [1.29, 1.82) is 0 Å². The average Bonchev–Trinajstić information content (AvgIpc) is 2.34. The number of methoxy groups -OCH3 is 1. The van der Waals surface area contributed by atoms with Gasteiger partial charge in [0.2, 0.25) is 0 Å². The molecule has 0 aliphatic carbocycles. The summed E-state index contributed by atoms with van der Waals surface area (Å²) in [6.45, 7) is 1.89. The van der Waals surface area contributed by atoms with Crippen LogP contribution < -0.4 is 0 Å². The second-order valence-electron chi connectivity index (χ2n) is 3.42. The molecular formula is C10H12N4O3. The smallest absolute Gasteiger partial charge is 0.275 e. The van der Waals surface area contributed by atoms with Gasteiger partial charge in [-0.1, -0.05) is 11.2 Å². The zero-order valence-corrected chi connectivity index (χ0v) is 9.53. The summed E-state index contributed by atoms with van der Waals surface area (Å²) in [7, 11) is 1.48. The van der Waals surface area contributed by atoms with Gasteiger partial charge in [0.1, 0.15) is 0 Å². The number of benzene rings is 1. The lowest BCUT2D eigenvalue weighted by molar-refractivity contribution is -0.386. The molecule has 0 amide bonds. The monoisotopic (exact) mass is 236 g/mol. The Hall–Kier alpha value is -2.11. The summed E-state index contributed by atoms with van der Waals surface area (Å²) in [4.78, 5) is 13.0. The molecule has 0 heterocycles. The highest BCUT2D eigenvalue weighted by Gasteiger charge is 2.18. The minimum atomic E-state index is -0.456. The van der Waals surface area contributed by atoms with E-state index in [4.69, 9.17) is 10.3 Å². The Balaban J connectivity index is 3.18. The fourth-order valence-electron chi connectivity index (χ4n) is 1.43. The summed E-state index contributed by atoms with van der Waals surface area (Å²) in [5, 5.41) is 14.2. The number of hydrogen-bond acceptors (Lipinski definition) is 4. The van der Waals surface area contributed by atoms with Crippen LogP contribution in [-0.2, 0) is 11.3 Å². The molecule has 0 saturated heterocycles. The summed E-state index contributed by atoms with van der Waals surface area (Å²) >= 11 is 0. The molecule has 0 aliphatic rings. The van der Waals surface area contributed by atoms with Gasteiger partial charge in [-0.25, -0.2) is 0 Å². The third-order valence-electron chi connectivity index (χ3n) is 2.40. The number of azide groups is 1. The summed E-state index contributed by atoms with van der Waals surface area (Å²) < 4.78 is 5.08. The number of nitrogens with zero attached hydrogens (tertiary/aromatic N) is 4. The highest BCUT2D eigenvalue weighted by atomic mass is 16.6. The Bertz CT molecular complexity index is 469. The van der Waals surface area contributed by atoms with Crippen molar-refractivity contribution in [2.45, 2.75) is 19.6 Å². The highest BCUT2D eigenvalue weighted by Crippen LogP contribution is 2.28. The Kier molecular flexibility index (Phi) is 4.45. The van der Waals surface area contributed by atoms with Crippen LogP contribution >= 0.6 is 0 Å². The number of nitro groups is 1. The maximum absolute atomic E-state index is 10.8. The quantitative estimate of drug-likeness (QED) is 0.258. The van der Waals surface area contributed by atoms with Crippen molar-refractivity contribution in [3.05, 3.63) is 49.9 Å². The second-order valence-corrected chi connectivity index (χ2v) is 3.42. The molecule has 0 fully saturated rings. The Morgan fingerprint density at radius 3 is 2.88 bits per heavy atom. The first-order chi connectivity index (χ1) is 8.10. The van der Waals surface area contributed by atoms with Gasteiger partial charge in [0, 0.05) is 18.1 Å². The molecule has 90 valence electrons. The van der Waals surface area contributed by atoms with E-state index in [1.54, 1.807) is 19.1 Å². The molecule has 0 N–H and O–H groups in total. The molecule has 1 aromatic carbocycles. The minimum Gasteiger partial charge on any atom is -0.377 e. The fraction of sp³-hybridized carbons (Fsp3) is 0.400. The highest BCUT2D eigenvalue weighted by molar-refractivity contribution is 5.44. The van der Waals surface area contributed by atoms with Crippen molar-refractivity contribution >= 4 is 5.69 Å². The molecule has 7 heteroatoms. The first-order valence-electron chi connectivity index (χ1n) is 4.91. The molecule has 1 unspecified atom stereocenters. The van der Waals surface area contributed by atoms with Gasteiger partial charge >= 0.3 is 0 Å². The van der Waals surface area contributed by atoms with Crippen molar-refractivity contribution < 1.29 is 9.66 Å². The van der Waals surface area contributed by atoms with Crippen LogP contribution in [0.5, 0.6) is 0 Å². The van der Waals surface area contributed by atoms with E-state index in [9.17, 15) is 10.1 Å². The predicted molar refractivity (Wildman–Crippen MR) is 61.4 cm³/mol. The van der Waals surface area contributed by atoms with Crippen molar-refractivity contribution in [2.24, 2.45) is 5.11 Å². The van der Waals surface area contributed by atoms with Crippen molar-refractivity contribution in [2.75, 3.05) is 7.11 Å². The molecule has 0 saturated carbocycles. The van der Waals surface area contributed by atoms with Gasteiger partial charge < -0.3 is 4.74 Å². The molecule has 0 spiro atoms. The van der Waals surface area contributed by atoms with E-state index in [1.807, 2.05) is 0 Å². The lowest BCUT2D eigenvalue weighted by Gasteiger charge is -2.11. The zero-order chi connectivity index (χ0) is 12.8. The van der Waals surface area contributed by atoms with Gasteiger partial charge in [0.15, 0.2) is 0 Å². The Morgan fingerprint density at radius 2 is 2.35 bits per heavy atom. The molecule has 1 aromatic rings. The third kappa shape index (κ3) is 3.17. The van der Waals surface area contributed by atoms with E-state index in [2.05, 4.69) is 10.0 Å². The summed E-state index contributed by atoms with van der Waals surface area (Å²) in [5.41, 5.74) is 9.41. The molecule has 0 bridgehead atoms. The zero-order valence-electron chi connectivity index (χ0n) is 9.53. The van der Waals surface area contributed by atoms with Crippen LogP contribution in [0.25, 0.3) is 10.4 Å². The molecular weight excluding hydrogens is 224 g/mol. The Morgan fingerprint density at radius 1 is 1.65 bits per heavy atom. The number of rotatable bonds is 5. The van der Waals surface area contributed by atoms with E-state index >= 15 is 0 Å². The van der Waals surface area contributed by atoms with Gasteiger partial charge in [0.05, 0.1) is 23.1 Å². The average molecular weight is 236 g/mol. The van der Waals surface area contributed by atoms with Crippen LogP contribution in [0.15, 0.2) is 23.3 Å². The van der Waals surface area contributed by atoms with E-state index in [-0.39, 0.29) is 18.3 Å². The van der Waals surface area contributed by atoms with Crippen LogP contribution in [0.4, 0.5) is 5.69 Å². The van der Waals surface area contributed by atoms with E-state index in [0.717, 1.165) is 0 Å². The topological polar surface area (TPSA) is 101 Å². The summed E-state index contributed by atoms with van der Waals surface area (Å²) in [6, 6.07) is 4.59. The maximum atomic E-state index is 10.8. The first-order valence-corrected chi connectivity index (χ1v) is 4.91. The van der Waals surface area contributed by atoms with Gasteiger partial charge in [-0.3, -0.25) is 10.1 Å². The molecule has 1 atom stereocenters. The number of hydrogen-bond donors (Lipinski definition) is 0. The molecule has 1 rings (SSSR count). The number of nitro benzene ring substituents is 1. The van der Waals surface area contributed by atoms with Gasteiger partial charge in [-0.15, -0.1) is 0 Å². The fourth-order valence-corrected chi connectivity index (χ4v) is 1.43. The van der Waals surface area contributed by atoms with E-state index in [0.29, 0.717) is 11.1 Å². The van der Waals surface area contributed by atoms with Crippen LogP contribution in [0, 0.1) is 10.1 Å². The SMILES string of the molecule is COC(C)c1cc(CN=[N+]=[N-])ccc1[N+](=O)[O-]. The second kappa shape index (κ2) is 5.83. The predicted octanol–water partition coefficient (Wildman–Crippen LogP) is 3.11. The summed E-state index contributed by atoms with van der Waals surface area (Å²) in [6.07, 6.45) is -0.388. The van der Waals surface area contributed by atoms with Crippen LogP contribution in [0.3, 0.4) is 0 Å². The first kappa shape index (κ1) is 13.0. The van der Waals surface area contributed by atoms with Gasteiger partial charge in [-0.05, 0) is 24.1 Å². The van der Waals surface area contributed by atoms with Crippen LogP contribution in [-0.4, -0.2) is 12.0 Å². The van der Waals surface area contributed by atoms with Crippen molar-refractivity contribution in [1.82, 2.24) is 0 Å². The standard InChI is InChI=1S/C10H12N4O3/c1-7(17-2)9-5-8(6-12-13-11)3-4-10(9)14(15)16/h3-5,7H,6H2,1-2H3. The normalized spacial score (nSPS) is 11.6. The maximum Gasteiger partial charge on any atom is 0.275 e. The van der Waals surface area contributed by atoms with Crippen molar-refractivity contribution in [3.63, 3.8) is 0 Å². The van der Waals surface area contributed by atoms with Gasteiger partial charge in [-0.2, -0.15) is 0 Å². The molecule has 0 aliphatic heterocycles. The third-order valence-corrected chi connectivity index (χ3v) is 2.40. The van der Waals surface area contributed by atoms with E-state index < -0.39 is 4.92 Å². The van der Waals surface area contributed by atoms with Crippen molar-refractivity contribution in [3.8, 4) is 0 Å². The lowest BCUT2D eigenvalue weighted by Crippen LogP contribution is -2.02.